The van der Waals surface area contributed by atoms with Gasteiger partial charge in [-0.15, -0.1) is 0 Å². The van der Waals surface area contributed by atoms with E-state index in [2.05, 4.69) is 31.1 Å². The molecule has 0 bridgehead atoms. The van der Waals surface area contributed by atoms with Crippen molar-refractivity contribution in [2.24, 2.45) is 0 Å². The van der Waals surface area contributed by atoms with Crippen molar-refractivity contribution in [3.05, 3.63) is 39.5 Å². The molecule has 0 aliphatic carbocycles. The van der Waals surface area contributed by atoms with E-state index < -0.39 is 0 Å². The van der Waals surface area contributed by atoms with Gasteiger partial charge in [-0.05, 0) is 51.3 Å². The second-order valence-electron chi connectivity index (χ2n) is 5.08. The normalized spacial score (nSPS) is 11.1. The molecule has 0 saturated heterocycles. The van der Waals surface area contributed by atoms with E-state index in [1.807, 2.05) is 32.3 Å². The van der Waals surface area contributed by atoms with E-state index in [-0.39, 0.29) is 11.1 Å². The highest BCUT2D eigenvalue weighted by molar-refractivity contribution is 9.10. The van der Waals surface area contributed by atoms with Crippen LogP contribution in [0.4, 0.5) is 0 Å². The van der Waals surface area contributed by atoms with Gasteiger partial charge < -0.3 is 10.2 Å². The van der Waals surface area contributed by atoms with Gasteiger partial charge in [-0.2, -0.15) is 0 Å². The fraction of sp³-hybridized carbons (Fsp3) is 0.333. The molecule has 2 rings (SSSR count). The summed E-state index contributed by atoms with van der Waals surface area (Å²) in [5.41, 5.74) is 1.18. The van der Waals surface area contributed by atoms with Crippen molar-refractivity contribution in [3.63, 3.8) is 0 Å². The Balaban J connectivity index is 2.13. The van der Waals surface area contributed by atoms with Crippen LogP contribution in [0.3, 0.4) is 0 Å². The highest BCUT2D eigenvalue weighted by atomic mass is 79.9. The van der Waals surface area contributed by atoms with Gasteiger partial charge in [-0.1, -0.05) is 27.5 Å². The molecule has 0 radical (unpaired) electrons. The van der Waals surface area contributed by atoms with Crippen LogP contribution >= 0.6 is 27.5 Å². The van der Waals surface area contributed by atoms with Crippen LogP contribution in [-0.4, -0.2) is 43.0 Å². The summed E-state index contributed by atoms with van der Waals surface area (Å²) in [5.74, 6) is -0.187. The Labute approximate surface area is 137 Å². The second-order valence-corrected chi connectivity index (χ2v) is 6.35. The predicted molar refractivity (Wildman–Crippen MR) is 90.0 cm³/mol. The van der Waals surface area contributed by atoms with Crippen LogP contribution < -0.4 is 5.32 Å². The van der Waals surface area contributed by atoms with Gasteiger partial charge in [0.05, 0.1) is 11.1 Å². The van der Waals surface area contributed by atoms with Gasteiger partial charge >= 0.3 is 0 Å². The van der Waals surface area contributed by atoms with Crippen molar-refractivity contribution in [2.45, 2.75) is 6.42 Å². The van der Waals surface area contributed by atoms with E-state index >= 15 is 0 Å². The van der Waals surface area contributed by atoms with Gasteiger partial charge in [-0.25, -0.2) is 4.98 Å². The lowest BCUT2D eigenvalue weighted by atomic mass is 10.1. The van der Waals surface area contributed by atoms with Crippen molar-refractivity contribution in [2.75, 3.05) is 27.2 Å². The summed E-state index contributed by atoms with van der Waals surface area (Å²) in [6, 6.07) is 7.45. The van der Waals surface area contributed by atoms with E-state index in [1.54, 1.807) is 6.07 Å². The van der Waals surface area contributed by atoms with Crippen molar-refractivity contribution >= 4 is 44.3 Å². The molecule has 0 fully saturated rings. The number of hydrogen-bond donors (Lipinski definition) is 1. The average molecular weight is 371 g/mol. The minimum atomic E-state index is -0.187. The van der Waals surface area contributed by atoms with Crippen LogP contribution in [0.2, 0.25) is 5.15 Å². The minimum Gasteiger partial charge on any atom is -0.352 e. The molecule has 0 unspecified atom stereocenters. The molecule has 1 aromatic heterocycles. The molecular weight excluding hydrogens is 354 g/mol. The molecule has 0 aliphatic rings. The van der Waals surface area contributed by atoms with Gasteiger partial charge in [-0.3, -0.25) is 4.79 Å². The molecule has 1 heterocycles. The van der Waals surface area contributed by atoms with Crippen LogP contribution in [0, 0.1) is 0 Å². The van der Waals surface area contributed by atoms with Crippen LogP contribution in [0.5, 0.6) is 0 Å². The number of benzene rings is 1. The molecule has 0 spiro atoms. The summed E-state index contributed by atoms with van der Waals surface area (Å²) in [4.78, 5) is 18.5. The van der Waals surface area contributed by atoms with Crippen LogP contribution in [0.25, 0.3) is 10.9 Å². The number of rotatable bonds is 5. The van der Waals surface area contributed by atoms with Gasteiger partial charge in [0, 0.05) is 16.4 Å². The zero-order valence-corrected chi connectivity index (χ0v) is 14.3. The highest BCUT2D eigenvalue weighted by Crippen LogP contribution is 2.23. The number of amides is 1. The first-order valence-corrected chi connectivity index (χ1v) is 7.83. The molecule has 2 aromatic rings. The van der Waals surface area contributed by atoms with E-state index in [1.165, 1.54) is 0 Å². The Hall–Kier alpha value is -1.17. The first-order chi connectivity index (χ1) is 9.97. The average Bonchev–Trinajstić information content (AvgIpc) is 2.43. The van der Waals surface area contributed by atoms with E-state index in [0.717, 1.165) is 28.3 Å². The van der Waals surface area contributed by atoms with E-state index in [9.17, 15) is 4.79 Å². The Bertz CT molecular complexity index is 661. The molecule has 6 heteroatoms. The number of hydrogen-bond acceptors (Lipinski definition) is 3. The molecule has 1 amide bonds. The molecule has 21 heavy (non-hydrogen) atoms. The zero-order chi connectivity index (χ0) is 15.4. The quantitative estimate of drug-likeness (QED) is 0.648. The van der Waals surface area contributed by atoms with Gasteiger partial charge in [0.2, 0.25) is 0 Å². The van der Waals surface area contributed by atoms with Crippen LogP contribution in [0.1, 0.15) is 16.8 Å². The lowest BCUT2D eigenvalue weighted by molar-refractivity contribution is 0.0952. The Kier molecular flexibility index (Phi) is 5.56. The number of carbonyl (C=O) groups is 1. The first-order valence-electron chi connectivity index (χ1n) is 6.66. The Morgan fingerprint density at radius 1 is 1.38 bits per heavy atom. The van der Waals surface area contributed by atoms with E-state index in [0.29, 0.717) is 12.1 Å². The van der Waals surface area contributed by atoms with E-state index in [4.69, 9.17) is 11.6 Å². The largest absolute Gasteiger partial charge is 0.352 e. The molecule has 1 N–H and O–H groups in total. The number of fused-ring (bicyclic) bond motifs is 1. The third kappa shape index (κ3) is 4.40. The molecule has 112 valence electrons. The summed E-state index contributed by atoms with van der Waals surface area (Å²) in [5, 5.41) is 3.99. The Morgan fingerprint density at radius 3 is 2.86 bits per heavy atom. The summed E-state index contributed by atoms with van der Waals surface area (Å²) in [7, 11) is 4.01. The lowest BCUT2D eigenvalue weighted by Crippen LogP contribution is -2.27. The highest BCUT2D eigenvalue weighted by Gasteiger charge is 2.12. The molecule has 0 saturated carbocycles. The number of nitrogens with one attached hydrogen (secondary N) is 1. The fourth-order valence-electron chi connectivity index (χ4n) is 1.98. The predicted octanol–water partition coefficient (Wildman–Crippen LogP) is 3.33. The second kappa shape index (κ2) is 7.20. The van der Waals surface area contributed by atoms with Crippen molar-refractivity contribution in [3.8, 4) is 0 Å². The summed E-state index contributed by atoms with van der Waals surface area (Å²) >= 11 is 9.52. The fourth-order valence-corrected chi connectivity index (χ4v) is 2.59. The van der Waals surface area contributed by atoms with Gasteiger partial charge in [0.15, 0.2) is 0 Å². The smallest absolute Gasteiger partial charge is 0.254 e. The number of halogens is 2. The van der Waals surface area contributed by atoms with Gasteiger partial charge in [0.25, 0.3) is 5.91 Å². The first kappa shape index (κ1) is 16.2. The number of carbonyl (C=O) groups excluding carboxylic acids is 1. The van der Waals surface area contributed by atoms with Crippen molar-refractivity contribution in [1.82, 2.24) is 15.2 Å². The maximum Gasteiger partial charge on any atom is 0.254 e. The number of aromatic nitrogens is 1. The van der Waals surface area contributed by atoms with Crippen LogP contribution in [-0.2, 0) is 0 Å². The Morgan fingerprint density at radius 2 is 2.14 bits per heavy atom. The minimum absolute atomic E-state index is 0.187. The zero-order valence-electron chi connectivity index (χ0n) is 12.0. The third-order valence-electron chi connectivity index (χ3n) is 3.04. The summed E-state index contributed by atoms with van der Waals surface area (Å²) in [6.45, 7) is 1.54. The monoisotopic (exact) mass is 369 g/mol. The maximum atomic E-state index is 12.2. The molecule has 1 aromatic carbocycles. The summed E-state index contributed by atoms with van der Waals surface area (Å²) in [6.07, 6.45) is 0.892. The molecule has 4 nitrogen and oxygen atoms in total. The standard InChI is InChI=1S/C15H17BrClN3O/c1-20(2)7-3-6-18-15(21)12-9-10-8-11(16)4-5-13(10)19-14(12)17/h4-5,8-9H,3,6-7H2,1-2H3,(H,18,21). The molecule has 0 atom stereocenters. The SMILES string of the molecule is CN(C)CCCNC(=O)c1cc2cc(Br)ccc2nc1Cl. The molecule has 0 aliphatic heterocycles. The van der Waals surface area contributed by atoms with Crippen molar-refractivity contribution in [1.29, 1.82) is 0 Å². The van der Waals surface area contributed by atoms with Gasteiger partial charge in [0.1, 0.15) is 5.15 Å². The maximum absolute atomic E-state index is 12.2. The van der Waals surface area contributed by atoms with Crippen molar-refractivity contribution < 1.29 is 4.79 Å². The number of nitrogens with zero attached hydrogens (tertiary/aromatic N) is 2. The van der Waals surface area contributed by atoms with Crippen LogP contribution in [0.15, 0.2) is 28.7 Å². The molecular formula is C15H17BrClN3O. The number of pyridine rings is 1. The summed E-state index contributed by atoms with van der Waals surface area (Å²) < 4.78 is 0.941. The third-order valence-corrected chi connectivity index (χ3v) is 3.82. The lowest BCUT2D eigenvalue weighted by Gasteiger charge is -2.10. The topological polar surface area (TPSA) is 45.2 Å².